The molecule has 2 aromatic heterocycles. The molecule has 1 N–H and O–H groups in total. The van der Waals surface area contributed by atoms with Crippen LogP contribution in [0.25, 0.3) is 5.69 Å². The summed E-state index contributed by atoms with van der Waals surface area (Å²) in [6, 6.07) is 7.34. The second-order valence-electron chi connectivity index (χ2n) is 6.58. The van der Waals surface area contributed by atoms with Crippen molar-refractivity contribution in [3.8, 4) is 5.69 Å². The standard InChI is InChI=1S/C20H19F3N4O2/c1-13-6-7-17(18(28)25-9-8-16-11-24-12-26(16)2)19(29)27(13)15-5-3-4-14(10-15)20(21,22)23/h3-7,10-12H,8-9H2,1-2H3,(H,25,28). The number of halogens is 3. The molecule has 9 heteroatoms. The van der Waals surface area contributed by atoms with Crippen molar-refractivity contribution in [3.63, 3.8) is 0 Å². The van der Waals surface area contributed by atoms with E-state index in [0.717, 1.165) is 22.4 Å². The van der Waals surface area contributed by atoms with E-state index in [9.17, 15) is 22.8 Å². The number of nitrogens with zero attached hydrogens (tertiary/aromatic N) is 3. The van der Waals surface area contributed by atoms with E-state index < -0.39 is 23.2 Å². The quantitative estimate of drug-likeness (QED) is 0.711. The molecule has 0 fully saturated rings. The number of amides is 1. The third-order valence-corrected chi connectivity index (χ3v) is 4.54. The molecule has 0 aliphatic carbocycles. The minimum absolute atomic E-state index is 0.0480. The Bertz CT molecular complexity index is 1100. The van der Waals surface area contributed by atoms with Crippen LogP contribution in [0.4, 0.5) is 13.2 Å². The molecule has 3 rings (SSSR count). The van der Waals surface area contributed by atoms with Crippen molar-refractivity contribution in [2.75, 3.05) is 6.54 Å². The van der Waals surface area contributed by atoms with Crippen LogP contribution in [0.1, 0.15) is 27.3 Å². The predicted molar refractivity (Wildman–Crippen MR) is 101 cm³/mol. The van der Waals surface area contributed by atoms with E-state index in [-0.39, 0.29) is 17.8 Å². The zero-order valence-electron chi connectivity index (χ0n) is 15.8. The normalized spacial score (nSPS) is 11.5. The lowest BCUT2D eigenvalue weighted by atomic mass is 10.1. The lowest BCUT2D eigenvalue weighted by molar-refractivity contribution is -0.137. The van der Waals surface area contributed by atoms with E-state index in [4.69, 9.17) is 0 Å². The molecule has 0 radical (unpaired) electrons. The molecule has 1 aromatic carbocycles. The number of carbonyl (C=O) groups excluding carboxylic acids is 1. The van der Waals surface area contributed by atoms with Crippen LogP contribution < -0.4 is 10.9 Å². The molecule has 0 aliphatic rings. The number of pyridine rings is 1. The number of aromatic nitrogens is 3. The average Bonchev–Trinajstić information content (AvgIpc) is 3.06. The number of rotatable bonds is 5. The smallest absolute Gasteiger partial charge is 0.351 e. The van der Waals surface area contributed by atoms with Gasteiger partial charge in [-0.2, -0.15) is 13.2 Å². The minimum Gasteiger partial charge on any atom is -0.351 e. The zero-order valence-corrected chi connectivity index (χ0v) is 15.8. The molecule has 29 heavy (non-hydrogen) atoms. The molecule has 0 atom stereocenters. The number of alkyl halides is 3. The largest absolute Gasteiger partial charge is 0.416 e. The Labute approximate surface area is 164 Å². The average molecular weight is 404 g/mol. The Hall–Kier alpha value is -3.36. The van der Waals surface area contributed by atoms with Crippen LogP contribution >= 0.6 is 0 Å². The molecular weight excluding hydrogens is 385 g/mol. The third kappa shape index (κ3) is 4.39. The number of imidazole rings is 1. The first-order chi connectivity index (χ1) is 13.7. The van der Waals surface area contributed by atoms with Crippen LogP contribution in [0.2, 0.25) is 0 Å². The summed E-state index contributed by atoms with van der Waals surface area (Å²) in [5.74, 6) is -0.585. The summed E-state index contributed by atoms with van der Waals surface area (Å²) in [5.41, 5.74) is -0.309. The maximum atomic E-state index is 13.0. The van der Waals surface area contributed by atoms with Gasteiger partial charge in [0.1, 0.15) is 5.56 Å². The zero-order chi connectivity index (χ0) is 21.2. The highest BCUT2D eigenvalue weighted by Gasteiger charge is 2.30. The maximum absolute atomic E-state index is 13.0. The maximum Gasteiger partial charge on any atom is 0.416 e. The molecule has 2 heterocycles. The highest BCUT2D eigenvalue weighted by atomic mass is 19.4. The third-order valence-electron chi connectivity index (χ3n) is 4.54. The van der Waals surface area contributed by atoms with Gasteiger partial charge < -0.3 is 9.88 Å². The fourth-order valence-corrected chi connectivity index (χ4v) is 2.97. The first-order valence-corrected chi connectivity index (χ1v) is 8.82. The van der Waals surface area contributed by atoms with E-state index in [2.05, 4.69) is 10.3 Å². The molecule has 1 amide bonds. The second-order valence-corrected chi connectivity index (χ2v) is 6.58. The fourth-order valence-electron chi connectivity index (χ4n) is 2.97. The Morgan fingerprint density at radius 3 is 2.62 bits per heavy atom. The van der Waals surface area contributed by atoms with Gasteiger partial charge in [-0.3, -0.25) is 14.2 Å². The molecule has 0 saturated carbocycles. The van der Waals surface area contributed by atoms with Gasteiger partial charge in [-0.25, -0.2) is 4.98 Å². The monoisotopic (exact) mass is 404 g/mol. The fraction of sp³-hybridized carbons (Fsp3) is 0.250. The molecule has 0 spiro atoms. The van der Waals surface area contributed by atoms with E-state index >= 15 is 0 Å². The van der Waals surface area contributed by atoms with Gasteiger partial charge in [0, 0.05) is 43.3 Å². The molecule has 6 nitrogen and oxygen atoms in total. The molecule has 0 bridgehead atoms. The van der Waals surface area contributed by atoms with Gasteiger partial charge in [0.05, 0.1) is 11.9 Å². The van der Waals surface area contributed by atoms with Gasteiger partial charge in [-0.15, -0.1) is 0 Å². The van der Waals surface area contributed by atoms with Crippen LogP contribution in [0.3, 0.4) is 0 Å². The van der Waals surface area contributed by atoms with E-state index in [1.807, 2.05) is 11.6 Å². The molecular formula is C20H19F3N4O2. The van der Waals surface area contributed by atoms with Gasteiger partial charge in [0.2, 0.25) is 0 Å². The van der Waals surface area contributed by atoms with Gasteiger partial charge >= 0.3 is 6.18 Å². The molecule has 0 saturated heterocycles. The summed E-state index contributed by atoms with van der Waals surface area (Å²) in [6.45, 7) is 1.88. The molecule has 0 aliphatic heterocycles. The first kappa shape index (κ1) is 20.4. The number of aryl methyl sites for hydroxylation is 2. The van der Waals surface area contributed by atoms with Gasteiger partial charge in [0.25, 0.3) is 11.5 Å². The van der Waals surface area contributed by atoms with Gasteiger partial charge in [-0.05, 0) is 37.3 Å². The Morgan fingerprint density at radius 1 is 1.21 bits per heavy atom. The van der Waals surface area contributed by atoms with Crippen LogP contribution in [0.5, 0.6) is 0 Å². The number of nitrogens with one attached hydrogen (secondary N) is 1. The predicted octanol–water partition coefficient (Wildman–Crippen LogP) is 2.87. The summed E-state index contributed by atoms with van der Waals surface area (Å²) in [4.78, 5) is 29.3. The summed E-state index contributed by atoms with van der Waals surface area (Å²) in [6.07, 6.45) is -0.687. The minimum atomic E-state index is -4.53. The van der Waals surface area contributed by atoms with E-state index in [1.165, 1.54) is 24.3 Å². The van der Waals surface area contributed by atoms with Gasteiger partial charge in [0.15, 0.2) is 0 Å². The highest BCUT2D eigenvalue weighted by molar-refractivity contribution is 5.93. The molecule has 3 aromatic rings. The number of benzene rings is 1. The van der Waals surface area contributed by atoms with Crippen LogP contribution in [-0.4, -0.2) is 26.6 Å². The summed E-state index contributed by atoms with van der Waals surface area (Å²) in [7, 11) is 1.83. The van der Waals surface area contributed by atoms with E-state index in [0.29, 0.717) is 12.1 Å². The topological polar surface area (TPSA) is 68.9 Å². The lowest BCUT2D eigenvalue weighted by Crippen LogP contribution is -2.34. The van der Waals surface area contributed by atoms with Crippen molar-refractivity contribution in [1.29, 1.82) is 0 Å². The van der Waals surface area contributed by atoms with E-state index in [1.54, 1.807) is 19.4 Å². The SMILES string of the molecule is Cc1ccc(C(=O)NCCc2cncn2C)c(=O)n1-c1cccc(C(F)(F)F)c1. The Morgan fingerprint density at radius 2 is 1.97 bits per heavy atom. The lowest BCUT2D eigenvalue weighted by Gasteiger charge is -2.14. The second kappa shape index (κ2) is 7.94. The van der Waals surface area contributed by atoms with Crippen molar-refractivity contribution in [2.45, 2.75) is 19.5 Å². The van der Waals surface area contributed by atoms with Crippen molar-refractivity contribution in [3.05, 3.63) is 81.8 Å². The van der Waals surface area contributed by atoms with Crippen LogP contribution in [0.15, 0.2) is 53.7 Å². The van der Waals surface area contributed by atoms with Crippen LogP contribution in [-0.2, 0) is 19.6 Å². The first-order valence-electron chi connectivity index (χ1n) is 8.82. The van der Waals surface area contributed by atoms with Crippen molar-refractivity contribution in [2.24, 2.45) is 7.05 Å². The van der Waals surface area contributed by atoms with Crippen molar-refractivity contribution >= 4 is 5.91 Å². The number of hydrogen-bond donors (Lipinski definition) is 1. The summed E-state index contributed by atoms with van der Waals surface area (Å²) in [5, 5.41) is 2.67. The summed E-state index contributed by atoms with van der Waals surface area (Å²) < 4.78 is 42.0. The van der Waals surface area contributed by atoms with Crippen molar-refractivity contribution in [1.82, 2.24) is 19.4 Å². The van der Waals surface area contributed by atoms with Crippen LogP contribution in [0, 0.1) is 6.92 Å². The molecule has 152 valence electrons. The van der Waals surface area contributed by atoms with Crippen molar-refractivity contribution < 1.29 is 18.0 Å². The van der Waals surface area contributed by atoms with Gasteiger partial charge in [-0.1, -0.05) is 6.07 Å². The molecule has 0 unspecified atom stereocenters. The number of hydrogen-bond acceptors (Lipinski definition) is 3. The Kier molecular flexibility index (Phi) is 5.58. The highest BCUT2D eigenvalue weighted by Crippen LogP contribution is 2.30. The number of carbonyl (C=O) groups is 1. The Balaban J connectivity index is 1.86. The summed E-state index contributed by atoms with van der Waals surface area (Å²) >= 11 is 0.